The first-order chi connectivity index (χ1) is 12.3. The third-order valence-corrected chi connectivity index (χ3v) is 4.29. The van der Waals surface area contributed by atoms with Crippen LogP contribution in [0.15, 0.2) is 72.8 Å². The number of benzene rings is 4. The van der Waals surface area contributed by atoms with Crippen molar-refractivity contribution < 1.29 is 9.68 Å². The van der Waals surface area contributed by atoms with Crippen LogP contribution in [0.1, 0.15) is 0 Å². The first kappa shape index (κ1) is 15.3. The molecule has 25 heavy (non-hydrogen) atoms. The summed E-state index contributed by atoms with van der Waals surface area (Å²) in [5, 5.41) is 7.53. The Morgan fingerprint density at radius 2 is 1.00 bits per heavy atom. The second kappa shape index (κ2) is 6.32. The summed E-state index contributed by atoms with van der Waals surface area (Å²) in [7, 11) is 0. The van der Waals surface area contributed by atoms with Gasteiger partial charge in [-0.2, -0.15) is 11.8 Å². The van der Waals surface area contributed by atoms with Crippen molar-refractivity contribution in [2.75, 3.05) is 5.32 Å². The van der Waals surface area contributed by atoms with Gasteiger partial charge in [-0.05, 0) is 22.9 Å². The number of fused-ring (bicyclic) bond motifs is 2. The van der Waals surface area contributed by atoms with Crippen LogP contribution in [0.3, 0.4) is 0 Å². The van der Waals surface area contributed by atoms with Gasteiger partial charge in [0.2, 0.25) is 0 Å². The molecule has 0 aliphatic rings. The highest BCUT2D eigenvalue weighted by Gasteiger charge is 2.14. The molecule has 0 radical (unpaired) electrons. The van der Waals surface area contributed by atoms with Gasteiger partial charge in [-0.15, -0.1) is 0 Å². The maximum Gasteiger partial charge on any atom is 0.170 e. The van der Waals surface area contributed by atoms with E-state index >= 15 is 0 Å². The lowest BCUT2D eigenvalue weighted by molar-refractivity contribution is 0.335. The molecule has 0 aliphatic carbocycles. The highest BCUT2D eigenvalue weighted by molar-refractivity contribution is 6.04. The van der Waals surface area contributed by atoms with Crippen LogP contribution in [0.5, 0.6) is 11.5 Å². The number of hydrogen-bond acceptors (Lipinski definition) is 5. The van der Waals surface area contributed by atoms with E-state index in [2.05, 4.69) is 5.32 Å². The summed E-state index contributed by atoms with van der Waals surface area (Å²) < 4.78 is 0. The molecule has 0 spiro atoms. The molecule has 0 saturated carbocycles. The summed E-state index contributed by atoms with van der Waals surface area (Å²) in [4.78, 5) is 10.2. The predicted molar refractivity (Wildman–Crippen MR) is 101 cm³/mol. The SMILES string of the molecule is NOc1ccc2ccccc2c1Nc1c(ON)ccc2ccccc12. The van der Waals surface area contributed by atoms with Gasteiger partial charge >= 0.3 is 0 Å². The Hall–Kier alpha value is -3.28. The topological polar surface area (TPSA) is 82.5 Å². The van der Waals surface area contributed by atoms with Crippen LogP contribution in [0, 0.1) is 0 Å². The van der Waals surface area contributed by atoms with Crippen molar-refractivity contribution in [2.45, 2.75) is 0 Å². The molecule has 5 N–H and O–H groups in total. The lowest BCUT2D eigenvalue weighted by Crippen LogP contribution is -2.08. The van der Waals surface area contributed by atoms with Crippen molar-refractivity contribution in [3.63, 3.8) is 0 Å². The minimum absolute atomic E-state index is 0.537. The van der Waals surface area contributed by atoms with Crippen molar-refractivity contribution in [3.05, 3.63) is 72.8 Å². The van der Waals surface area contributed by atoms with E-state index in [9.17, 15) is 0 Å². The number of nitrogens with two attached hydrogens (primary N) is 2. The zero-order valence-electron chi connectivity index (χ0n) is 13.4. The standard InChI is InChI=1S/C20H17N3O2/c21-24-17-11-9-13-5-1-3-7-15(13)19(17)23-20-16-8-4-2-6-14(16)10-12-18(20)25-22/h1-12,23H,21-22H2. The lowest BCUT2D eigenvalue weighted by atomic mass is 10.1. The molecule has 4 rings (SSSR count). The van der Waals surface area contributed by atoms with Gasteiger partial charge in [0.1, 0.15) is 0 Å². The number of rotatable bonds is 4. The Morgan fingerprint density at radius 1 is 0.560 bits per heavy atom. The van der Waals surface area contributed by atoms with E-state index in [-0.39, 0.29) is 0 Å². The fourth-order valence-electron chi connectivity index (χ4n) is 3.08. The largest absolute Gasteiger partial charge is 0.409 e. The third kappa shape index (κ3) is 2.61. The van der Waals surface area contributed by atoms with Gasteiger partial charge in [-0.3, -0.25) is 0 Å². The zero-order chi connectivity index (χ0) is 17.2. The highest BCUT2D eigenvalue weighted by atomic mass is 16.6. The average Bonchev–Trinajstić information content (AvgIpc) is 2.68. The van der Waals surface area contributed by atoms with Crippen LogP contribution < -0.4 is 26.8 Å². The molecule has 0 aromatic heterocycles. The Morgan fingerprint density at radius 3 is 1.44 bits per heavy atom. The van der Waals surface area contributed by atoms with Crippen LogP contribution in [-0.2, 0) is 0 Å². The Kier molecular flexibility index (Phi) is 3.85. The van der Waals surface area contributed by atoms with E-state index in [4.69, 9.17) is 21.5 Å². The molecule has 124 valence electrons. The molecule has 0 fully saturated rings. The molecular formula is C20H17N3O2. The average molecular weight is 331 g/mol. The van der Waals surface area contributed by atoms with Crippen molar-refractivity contribution in [1.29, 1.82) is 0 Å². The summed E-state index contributed by atoms with van der Waals surface area (Å²) >= 11 is 0. The molecular weight excluding hydrogens is 314 g/mol. The summed E-state index contributed by atoms with van der Waals surface area (Å²) in [5.41, 5.74) is 1.52. The highest BCUT2D eigenvalue weighted by Crippen LogP contribution is 2.40. The van der Waals surface area contributed by atoms with Gasteiger partial charge in [0, 0.05) is 10.8 Å². The van der Waals surface area contributed by atoms with Gasteiger partial charge in [0.15, 0.2) is 11.5 Å². The van der Waals surface area contributed by atoms with Crippen LogP contribution in [-0.4, -0.2) is 0 Å². The number of hydrogen-bond donors (Lipinski definition) is 3. The maximum atomic E-state index is 5.48. The van der Waals surface area contributed by atoms with E-state index in [1.807, 2.05) is 72.8 Å². The molecule has 0 atom stereocenters. The van der Waals surface area contributed by atoms with Crippen molar-refractivity contribution >= 4 is 32.9 Å². The van der Waals surface area contributed by atoms with Crippen LogP contribution in [0.2, 0.25) is 0 Å². The monoisotopic (exact) mass is 331 g/mol. The smallest absolute Gasteiger partial charge is 0.170 e. The fourth-order valence-corrected chi connectivity index (χ4v) is 3.08. The van der Waals surface area contributed by atoms with Gasteiger partial charge < -0.3 is 15.0 Å². The van der Waals surface area contributed by atoms with Gasteiger partial charge in [-0.25, -0.2) is 0 Å². The van der Waals surface area contributed by atoms with Crippen molar-refractivity contribution in [1.82, 2.24) is 0 Å². The molecule has 0 saturated heterocycles. The predicted octanol–water partition coefficient (Wildman–Crippen LogP) is 4.24. The minimum Gasteiger partial charge on any atom is -0.409 e. The second-order valence-corrected chi connectivity index (χ2v) is 5.68. The van der Waals surface area contributed by atoms with E-state index in [1.54, 1.807) is 0 Å². The van der Waals surface area contributed by atoms with Crippen LogP contribution >= 0.6 is 0 Å². The van der Waals surface area contributed by atoms with Gasteiger partial charge in [-0.1, -0.05) is 60.7 Å². The van der Waals surface area contributed by atoms with Crippen LogP contribution in [0.25, 0.3) is 21.5 Å². The second-order valence-electron chi connectivity index (χ2n) is 5.68. The molecule has 5 heteroatoms. The van der Waals surface area contributed by atoms with E-state index in [0.717, 1.165) is 32.9 Å². The van der Waals surface area contributed by atoms with E-state index in [0.29, 0.717) is 11.5 Å². The number of anilines is 2. The lowest BCUT2D eigenvalue weighted by Gasteiger charge is -2.17. The molecule has 4 aromatic rings. The molecule has 0 amide bonds. The minimum atomic E-state index is 0.537. The van der Waals surface area contributed by atoms with Crippen molar-refractivity contribution in [3.8, 4) is 11.5 Å². The van der Waals surface area contributed by atoms with E-state index in [1.165, 1.54) is 0 Å². The van der Waals surface area contributed by atoms with E-state index < -0.39 is 0 Å². The normalized spacial score (nSPS) is 10.8. The fraction of sp³-hybridized carbons (Fsp3) is 0. The zero-order valence-corrected chi connectivity index (χ0v) is 13.4. The maximum absolute atomic E-state index is 5.48. The molecule has 0 bridgehead atoms. The molecule has 0 heterocycles. The molecule has 0 aliphatic heterocycles. The van der Waals surface area contributed by atoms with Gasteiger partial charge in [0.25, 0.3) is 0 Å². The Balaban J connectivity index is 1.97. The first-order valence-corrected chi connectivity index (χ1v) is 7.86. The Bertz CT molecular complexity index is 978. The third-order valence-electron chi connectivity index (χ3n) is 4.29. The molecule has 5 nitrogen and oxygen atoms in total. The Labute approximate surface area is 144 Å². The van der Waals surface area contributed by atoms with Crippen LogP contribution in [0.4, 0.5) is 11.4 Å². The number of nitrogens with one attached hydrogen (secondary N) is 1. The first-order valence-electron chi connectivity index (χ1n) is 7.86. The molecule has 4 aromatic carbocycles. The van der Waals surface area contributed by atoms with Crippen molar-refractivity contribution in [2.24, 2.45) is 11.8 Å². The molecule has 0 unspecified atom stereocenters. The van der Waals surface area contributed by atoms with Gasteiger partial charge in [0.05, 0.1) is 11.4 Å². The quantitative estimate of drug-likeness (QED) is 0.487. The summed E-state index contributed by atoms with van der Waals surface area (Å²) in [6, 6.07) is 23.6. The summed E-state index contributed by atoms with van der Waals surface area (Å²) in [5.74, 6) is 12.0. The summed E-state index contributed by atoms with van der Waals surface area (Å²) in [6.45, 7) is 0. The summed E-state index contributed by atoms with van der Waals surface area (Å²) in [6.07, 6.45) is 0.